The zero-order chi connectivity index (χ0) is 17.4. The topological polar surface area (TPSA) is 82.2 Å². The molecular formula is C12H11ClF5N5. The molecule has 11 heteroatoms. The first kappa shape index (κ1) is 17.3. The van der Waals surface area contributed by atoms with Gasteiger partial charge in [0.05, 0.1) is 5.52 Å². The zero-order valence-corrected chi connectivity index (χ0v) is 12.2. The second-order valence-corrected chi connectivity index (χ2v) is 5.14. The average molecular weight is 356 g/mol. The van der Waals surface area contributed by atoms with Crippen molar-refractivity contribution in [2.45, 2.75) is 25.1 Å². The summed E-state index contributed by atoms with van der Waals surface area (Å²) in [4.78, 5) is 0. The van der Waals surface area contributed by atoms with Gasteiger partial charge in [-0.3, -0.25) is 4.68 Å². The van der Waals surface area contributed by atoms with E-state index < -0.39 is 25.1 Å². The molecule has 1 aromatic heterocycles. The van der Waals surface area contributed by atoms with E-state index in [0.29, 0.717) is 5.39 Å². The number of benzene rings is 1. The van der Waals surface area contributed by atoms with Crippen LogP contribution < -0.4 is 11.6 Å². The highest BCUT2D eigenvalue weighted by atomic mass is 35.5. The van der Waals surface area contributed by atoms with Crippen molar-refractivity contribution in [1.82, 2.24) is 9.78 Å². The Labute approximate surface area is 131 Å². The van der Waals surface area contributed by atoms with Gasteiger partial charge in [-0.1, -0.05) is 11.6 Å². The van der Waals surface area contributed by atoms with E-state index in [-0.39, 0.29) is 22.1 Å². The maximum absolute atomic E-state index is 13.1. The van der Waals surface area contributed by atoms with Crippen LogP contribution >= 0.6 is 11.6 Å². The molecule has 0 bridgehead atoms. The lowest BCUT2D eigenvalue weighted by atomic mass is 10.2. The molecule has 4 N–H and O–H groups in total. The number of aromatic nitrogens is 2. The molecular weight excluding hydrogens is 345 g/mol. The van der Waals surface area contributed by atoms with E-state index in [0.717, 1.165) is 4.68 Å². The average Bonchev–Trinajstić information content (AvgIpc) is 2.81. The number of nitrogens with zero attached hydrogens (tertiary/aromatic N) is 3. The van der Waals surface area contributed by atoms with Crippen molar-refractivity contribution in [2.24, 2.45) is 16.7 Å². The molecule has 1 aromatic carbocycles. The van der Waals surface area contributed by atoms with Crippen LogP contribution in [0.15, 0.2) is 23.3 Å². The molecule has 0 atom stereocenters. The summed E-state index contributed by atoms with van der Waals surface area (Å²) in [6.45, 7) is -0.693. The van der Waals surface area contributed by atoms with Crippen molar-refractivity contribution in [3.63, 3.8) is 0 Å². The number of nitrogens with two attached hydrogens (primary N) is 2. The van der Waals surface area contributed by atoms with Crippen molar-refractivity contribution < 1.29 is 22.0 Å². The molecule has 2 aromatic rings. The summed E-state index contributed by atoms with van der Waals surface area (Å²) in [5, 5.41) is 7.80. The van der Waals surface area contributed by atoms with E-state index in [9.17, 15) is 22.0 Å². The summed E-state index contributed by atoms with van der Waals surface area (Å²) in [6, 6.07) is 4.37. The molecule has 23 heavy (non-hydrogen) atoms. The molecule has 0 saturated carbocycles. The summed E-state index contributed by atoms with van der Waals surface area (Å²) in [7, 11) is 0. The van der Waals surface area contributed by atoms with Gasteiger partial charge in [-0.2, -0.15) is 32.2 Å². The molecule has 0 aliphatic rings. The van der Waals surface area contributed by atoms with Crippen molar-refractivity contribution in [3.05, 3.63) is 28.9 Å². The van der Waals surface area contributed by atoms with Crippen molar-refractivity contribution in [3.8, 4) is 0 Å². The lowest BCUT2D eigenvalue weighted by molar-refractivity contribution is -0.285. The maximum Gasteiger partial charge on any atom is 0.453 e. The number of fused-ring (bicyclic) bond motifs is 1. The van der Waals surface area contributed by atoms with E-state index in [1.165, 1.54) is 18.2 Å². The van der Waals surface area contributed by atoms with E-state index >= 15 is 0 Å². The van der Waals surface area contributed by atoms with Crippen LogP contribution in [0.25, 0.3) is 10.9 Å². The number of hydrazone groups is 1. The van der Waals surface area contributed by atoms with Crippen molar-refractivity contribution in [2.75, 3.05) is 0 Å². The monoisotopic (exact) mass is 355 g/mol. The van der Waals surface area contributed by atoms with Gasteiger partial charge in [0, 0.05) is 23.4 Å². The minimum Gasteiger partial charge on any atom is -0.380 e. The maximum atomic E-state index is 13.1. The van der Waals surface area contributed by atoms with Crippen LogP contribution in [0.2, 0.25) is 5.02 Å². The second kappa shape index (κ2) is 5.84. The zero-order valence-electron chi connectivity index (χ0n) is 11.4. The number of aryl methyl sites for hydroxylation is 1. The van der Waals surface area contributed by atoms with Crippen LogP contribution in [0.4, 0.5) is 22.0 Å². The lowest BCUT2D eigenvalue weighted by Gasteiger charge is -2.19. The summed E-state index contributed by atoms with van der Waals surface area (Å²) in [6.07, 6.45) is -7.10. The third-order valence-corrected chi connectivity index (χ3v) is 3.38. The minimum atomic E-state index is -5.63. The number of alkyl halides is 5. The quantitative estimate of drug-likeness (QED) is 0.291. The van der Waals surface area contributed by atoms with Crippen LogP contribution in [0.5, 0.6) is 0 Å². The molecule has 0 saturated heterocycles. The molecule has 0 fully saturated rings. The molecule has 0 radical (unpaired) electrons. The third kappa shape index (κ3) is 3.31. The molecule has 0 aliphatic heterocycles. The smallest absolute Gasteiger partial charge is 0.380 e. The fourth-order valence-corrected chi connectivity index (χ4v) is 2.12. The minimum absolute atomic E-state index is 0.0782. The van der Waals surface area contributed by atoms with Crippen LogP contribution in [-0.2, 0) is 6.54 Å². The Kier molecular flexibility index (Phi) is 4.38. The van der Waals surface area contributed by atoms with Gasteiger partial charge in [0.2, 0.25) is 0 Å². The van der Waals surface area contributed by atoms with Gasteiger partial charge >= 0.3 is 12.1 Å². The molecule has 0 aliphatic carbocycles. The SMILES string of the molecule is N/N=C(\N)c1nn(CCC(F)(F)C(F)(F)F)c2cc(Cl)ccc12. The van der Waals surface area contributed by atoms with Gasteiger partial charge in [-0.25, -0.2) is 0 Å². The predicted octanol–water partition coefficient (Wildman–Crippen LogP) is 2.86. The Balaban J connectivity index is 2.43. The lowest BCUT2D eigenvalue weighted by Crippen LogP contribution is -2.37. The van der Waals surface area contributed by atoms with Crippen LogP contribution in [0.1, 0.15) is 12.1 Å². The Hall–Kier alpha value is -2.10. The van der Waals surface area contributed by atoms with Crippen LogP contribution in [-0.4, -0.2) is 27.7 Å². The first-order valence-electron chi connectivity index (χ1n) is 6.21. The third-order valence-electron chi connectivity index (χ3n) is 3.15. The second-order valence-electron chi connectivity index (χ2n) is 4.70. The summed E-state index contributed by atoms with van der Waals surface area (Å²) in [5.74, 6) is 0.0358. The van der Waals surface area contributed by atoms with E-state index in [2.05, 4.69) is 10.2 Å². The Morgan fingerprint density at radius 3 is 2.48 bits per heavy atom. The van der Waals surface area contributed by atoms with Crippen molar-refractivity contribution in [1.29, 1.82) is 0 Å². The number of rotatable bonds is 4. The standard InChI is InChI=1S/C12H11ClF5N5/c13-6-1-2-7-8(5-6)23(22-9(7)10(19)21-20)4-3-11(14,15)12(16,17)18/h1-2,5H,3-4,20H2,(H2,19,21). The molecule has 0 unspecified atom stereocenters. The largest absolute Gasteiger partial charge is 0.453 e. The molecule has 126 valence electrons. The van der Waals surface area contributed by atoms with Gasteiger partial charge in [0.1, 0.15) is 5.69 Å². The summed E-state index contributed by atoms with van der Waals surface area (Å²) >= 11 is 5.82. The molecule has 0 amide bonds. The highest BCUT2D eigenvalue weighted by Crippen LogP contribution is 2.38. The number of hydrogen-bond donors (Lipinski definition) is 2. The van der Waals surface area contributed by atoms with E-state index in [1.807, 2.05) is 0 Å². The highest BCUT2D eigenvalue weighted by molar-refractivity contribution is 6.31. The number of halogens is 6. The van der Waals surface area contributed by atoms with E-state index in [4.69, 9.17) is 23.2 Å². The van der Waals surface area contributed by atoms with Crippen LogP contribution in [0, 0.1) is 0 Å². The van der Waals surface area contributed by atoms with Gasteiger partial charge in [0.15, 0.2) is 5.84 Å². The summed E-state index contributed by atoms with van der Waals surface area (Å²) < 4.78 is 63.8. The van der Waals surface area contributed by atoms with Gasteiger partial charge in [-0.05, 0) is 18.2 Å². The fourth-order valence-electron chi connectivity index (χ4n) is 1.96. The molecule has 2 rings (SSSR count). The van der Waals surface area contributed by atoms with Gasteiger partial charge in [0.25, 0.3) is 0 Å². The van der Waals surface area contributed by atoms with Crippen LogP contribution in [0.3, 0.4) is 0 Å². The van der Waals surface area contributed by atoms with Crippen molar-refractivity contribution >= 4 is 28.3 Å². The molecule has 0 spiro atoms. The van der Waals surface area contributed by atoms with Gasteiger partial charge < -0.3 is 11.6 Å². The Bertz CT molecular complexity index is 752. The fraction of sp³-hybridized carbons (Fsp3) is 0.333. The normalized spacial score (nSPS) is 13.7. The first-order valence-corrected chi connectivity index (χ1v) is 6.59. The number of hydrogen-bond acceptors (Lipinski definition) is 3. The molecule has 5 nitrogen and oxygen atoms in total. The van der Waals surface area contributed by atoms with Gasteiger partial charge in [-0.15, -0.1) is 0 Å². The van der Waals surface area contributed by atoms with E-state index in [1.54, 1.807) is 0 Å². The Morgan fingerprint density at radius 1 is 1.26 bits per heavy atom. The first-order chi connectivity index (χ1) is 10.6. The Morgan fingerprint density at radius 2 is 1.91 bits per heavy atom. The molecule has 1 heterocycles. The number of amidine groups is 1. The highest BCUT2D eigenvalue weighted by Gasteiger charge is 2.56. The predicted molar refractivity (Wildman–Crippen MR) is 75.3 cm³/mol. The summed E-state index contributed by atoms with van der Waals surface area (Å²) in [5.41, 5.74) is 5.88.